The molecule has 1 aliphatic heterocycles. The number of amides is 1. The van der Waals surface area contributed by atoms with Crippen molar-refractivity contribution >= 4 is 17.5 Å². The number of halogens is 1. The summed E-state index contributed by atoms with van der Waals surface area (Å²) in [5, 5.41) is 7.11. The van der Waals surface area contributed by atoms with Crippen LogP contribution in [0.1, 0.15) is 26.2 Å². The number of carbonyl (C=O) groups excluding carboxylic acids is 1. The minimum atomic E-state index is 0.0538. The van der Waals surface area contributed by atoms with Gasteiger partial charge in [0.15, 0.2) is 0 Å². The molecule has 0 bridgehead atoms. The van der Waals surface area contributed by atoms with Crippen LogP contribution in [0.25, 0.3) is 0 Å². The molecule has 2 atom stereocenters. The minimum Gasteiger partial charge on any atom is -0.493 e. The highest BCUT2D eigenvalue weighted by Crippen LogP contribution is 2.15. The lowest BCUT2D eigenvalue weighted by Gasteiger charge is -2.28. The van der Waals surface area contributed by atoms with Crippen molar-refractivity contribution in [3.63, 3.8) is 0 Å². The molecule has 0 radical (unpaired) electrons. The Morgan fingerprint density at radius 3 is 2.90 bits per heavy atom. The molecule has 1 aliphatic rings. The van der Waals surface area contributed by atoms with E-state index < -0.39 is 0 Å². The van der Waals surface area contributed by atoms with Crippen LogP contribution < -0.4 is 15.4 Å². The molecule has 2 rings (SSSR count). The molecule has 1 aromatic carbocycles. The topological polar surface area (TPSA) is 50.4 Å². The zero-order valence-electron chi connectivity index (χ0n) is 11.7. The lowest BCUT2D eigenvalue weighted by molar-refractivity contribution is -0.122. The second-order valence-electron chi connectivity index (χ2n) is 5.20. The zero-order chi connectivity index (χ0) is 14.4. The van der Waals surface area contributed by atoms with E-state index in [-0.39, 0.29) is 11.9 Å². The van der Waals surface area contributed by atoms with Gasteiger partial charge >= 0.3 is 0 Å². The molecule has 1 amide bonds. The summed E-state index contributed by atoms with van der Waals surface area (Å²) in [6, 6.07) is 7.90. The van der Waals surface area contributed by atoms with Crippen LogP contribution >= 0.6 is 11.6 Å². The van der Waals surface area contributed by atoms with Crippen molar-refractivity contribution < 1.29 is 9.53 Å². The fraction of sp³-hybridized carbons (Fsp3) is 0.533. The molecule has 0 aliphatic carbocycles. The SMILES string of the molecule is CC1CC(NC(=O)CCOc2ccc(Cl)cc2)CCN1. The number of nitrogens with one attached hydrogen (secondary N) is 2. The molecule has 0 aromatic heterocycles. The number of ether oxygens (including phenoxy) is 1. The normalized spacial score (nSPS) is 22.3. The van der Waals surface area contributed by atoms with E-state index in [1.807, 2.05) is 0 Å². The monoisotopic (exact) mass is 296 g/mol. The van der Waals surface area contributed by atoms with Gasteiger partial charge in [-0.25, -0.2) is 0 Å². The first-order valence-electron chi connectivity index (χ1n) is 7.04. The van der Waals surface area contributed by atoms with Gasteiger partial charge < -0.3 is 15.4 Å². The predicted molar refractivity (Wildman–Crippen MR) is 80.2 cm³/mol. The Balaban J connectivity index is 1.66. The van der Waals surface area contributed by atoms with Crippen LogP contribution in [0.15, 0.2) is 24.3 Å². The van der Waals surface area contributed by atoms with Crippen LogP contribution in [-0.4, -0.2) is 31.1 Å². The van der Waals surface area contributed by atoms with Gasteiger partial charge in [0.1, 0.15) is 5.75 Å². The predicted octanol–water partition coefficient (Wildman–Crippen LogP) is 2.37. The number of hydrogen-bond donors (Lipinski definition) is 2. The first-order chi connectivity index (χ1) is 9.63. The molecule has 0 saturated carbocycles. The summed E-state index contributed by atoms with van der Waals surface area (Å²) < 4.78 is 5.51. The molecular formula is C15H21ClN2O2. The van der Waals surface area contributed by atoms with Crippen LogP contribution in [0.3, 0.4) is 0 Å². The summed E-state index contributed by atoms with van der Waals surface area (Å²) in [7, 11) is 0. The molecule has 1 heterocycles. The third kappa shape index (κ3) is 5.02. The molecule has 1 aromatic rings. The van der Waals surface area contributed by atoms with Crippen LogP contribution in [-0.2, 0) is 4.79 Å². The van der Waals surface area contributed by atoms with E-state index in [1.54, 1.807) is 24.3 Å². The van der Waals surface area contributed by atoms with Crippen LogP contribution in [0.4, 0.5) is 0 Å². The highest BCUT2D eigenvalue weighted by Gasteiger charge is 2.19. The van der Waals surface area contributed by atoms with Crippen molar-refractivity contribution in [1.82, 2.24) is 10.6 Å². The van der Waals surface area contributed by atoms with E-state index in [0.717, 1.165) is 25.1 Å². The van der Waals surface area contributed by atoms with Gasteiger partial charge in [-0.2, -0.15) is 0 Å². The van der Waals surface area contributed by atoms with Gasteiger partial charge in [-0.05, 0) is 50.6 Å². The number of hydrogen-bond acceptors (Lipinski definition) is 3. The van der Waals surface area contributed by atoms with Gasteiger partial charge in [-0.1, -0.05) is 11.6 Å². The van der Waals surface area contributed by atoms with E-state index in [0.29, 0.717) is 24.1 Å². The van der Waals surface area contributed by atoms with Crippen LogP contribution in [0.5, 0.6) is 5.75 Å². The quantitative estimate of drug-likeness (QED) is 0.877. The van der Waals surface area contributed by atoms with E-state index in [1.165, 1.54) is 0 Å². The van der Waals surface area contributed by atoms with Crippen molar-refractivity contribution in [1.29, 1.82) is 0 Å². The largest absolute Gasteiger partial charge is 0.493 e. The maximum Gasteiger partial charge on any atom is 0.223 e. The summed E-state index contributed by atoms with van der Waals surface area (Å²) in [6.45, 7) is 3.49. The number of benzene rings is 1. The van der Waals surface area contributed by atoms with Gasteiger partial charge in [0.25, 0.3) is 0 Å². The third-order valence-electron chi connectivity index (χ3n) is 3.40. The Morgan fingerprint density at radius 2 is 2.20 bits per heavy atom. The van der Waals surface area contributed by atoms with E-state index >= 15 is 0 Å². The van der Waals surface area contributed by atoms with Gasteiger partial charge in [0, 0.05) is 17.1 Å². The highest BCUT2D eigenvalue weighted by atomic mass is 35.5. The van der Waals surface area contributed by atoms with Gasteiger partial charge in [-0.3, -0.25) is 4.79 Å². The summed E-state index contributed by atoms with van der Waals surface area (Å²) in [5.74, 6) is 0.788. The van der Waals surface area contributed by atoms with Gasteiger partial charge in [-0.15, -0.1) is 0 Å². The summed E-state index contributed by atoms with van der Waals surface area (Å²) >= 11 is 5.79. The van der Waals surface area contributed by atoms with Gasteiger partial charge in [0.05, 0.1) is 13.0 Å². The molecule has 4 nitrogen and oxygen atoms in total. The van der Waals surface area contributed by atoms with E-state index in [9.17, 15) is 4.79 Å². The third-order valence-corrected chi connectivity index (χ3v) is 3.65. The first-order valence-corrected chi connectivity index (χ1v) is 7.42. The zero-order valence-corrected chi connectivity index (χ0v) is 12.5. The first kappa shape index (κ1) is 15.1. The van der Waals surface area contributed by atoms with Gasteiger partial charge in [0.2, 0.25) is 5.91 Å². The van der Waals surface area contributed by atoms with E-state index in [2.05, 4.69) is 17.6 Å². The molecule has 110 valence electrons. The van der Waals surface area contributed by atoms with Crippen molar-refractivity contribution in [3.8, 4) is 5.75 Å². The maximum atomic E-state index is 11.8. The molecule has 2 N–H and O–H groups in total. The lowest BCUT2D eigenvalue weighted by atomic mass is 10.0. The minimum absolute atomic E-state index is 0.0538. The van der Waals surface area contributed by atoms with Crippen molar-refractivity contribution in [2.45, 2.75) is 38.3 Å². The molecule has 1 saturated heterocycles. The van der Waals surface area contributed by atoms with Crippen molar-refractivity contribution in [2.24, 2.45) is 0 Å². The maximum absolute atomic E-state index is 11.8. The summed E-state index contributed by atoms with van der Waals surface area (Å²) in [5.41, 5.74) is 0. The smallest absolute Gasteiger partial charge is 0.223 e. The second kappa shape index (κ2) is 7.50. The summed E-state index contributed by atoms with van der Waals surface area (Å²) in [4.78, 5) is 11.8. The molecule has 0 spiro atoms. The molecular weight excluding hydrogens is 276 g/mol. The molecule has 2 unspecified atom stereocenters. The number of carbonyl (C=O) groups is 1. The Kier molecular flexibility index (Phi) is 5.68. The standard InChI is InChI=1S/C15H21ClN2O2/c1-11-10-13(6-8-17-11)18-15(19)7-9-20-14-4-2-12(16)3-5-14/h2-5,11,13,17H,6-10H2,1H3,(H,18,19). The van der Waals surface area contributed by atoms with E-state index in [4.69, 9.17) is 16.3 Å². The molecule has 5 heteroatoms. The Hall–Kier alpha value is -1.26. The van der Waals surface area contributed by atoms with Crippen molar-refractivity contribution in [3.05, 3.63) is 29.3 Å². The highest BCUT2D eigenvalue weighted by molar-refractivity contribution is 6.30. The van der Waals surface area contributed by atoms with Crippen LogP contribution in [0, 0.1) is 0 Å². The molecule has 1 fully saturated rings. The van der Waals surface area contributed by atoms with Crippen molar-refractivity contribution in [2.75, 3.05) is 13.2 Å². The number of piperidine rings is 1. The Morgan fingerprint density at radius 1 is 1.45 bits per heavy atom. The average molecular weight is 297 g/mol. The lowest BCUT2D eigenvalue weighted by Crippen LogP contribution is -2.46. The Bertz CT molecular complexity index is 436. The average Bonchev–Trinajstić information content (AvgIpc) is 2.41. The fourth-order valence-corrected chi connectivity index (χ4v) is 2.48. The molecule has 20 heavy (non-hydrogen) atoms. The number of rotatable bonds is 5. The second-order valence-corrected chi connectivity index (χ2v) is 5.63. The fourth-order valence-electron chi connectivity index (χ4n) is 2.36. The summed E-state index contributed by atoms with van der Waals surface area (Å²) in [6.07, 6.45) is 2.36. The Labute approximate surface area is 124 Å². The van der Waals surface area contributed by atoms with Crippen LogP contribution in [0.2, 0.25) is 5.02 Å².